The molecule has 1 aromatic rings. The van der Waals surface area contributed by atoms with Crippen molar-refractivity contribution in [3.8, 4) is 0 Å². The van der Waals surface area contributed by atoms with E-state index in [4.69, 9.17) is 0 Å². The normalized spacial score (nSPS) is 9.45. The van der Waals surface area contributed by atoms with Gasteiger partial charge in [0.1, 0.15) is 5.82 Å². The van der Waals surface area contributed by atoms with Crippen molar-refractivity contribution in [3.05, 3.63) is 18.2 Å². The molecular formula is C8H15N3. The van der Waals surface area contributed by atoms with Gasteiger partial charge in [-0.15, -0.1) is 0 Å². The highest BCUT2D eigenvalue weighted by Crippen LogP contribution is 1.87. The maximum Gasteiger partial charge on any atom is 0.150 e. The van der Waals surface area contributed by atoms with Gasteiger partial charge >= 0.3 is 0 Å². The topological polar surface area (TPSA) is 30.2 Å². The lowest BCUT2D eigenvalue weighted by Gasteiger charge is -1.89. The molecule has 1 rings (SSSR count). The van der Waals surface area contributed by atoms with Gasteiger partial charge in [-0.05, 0) is 0 Å². The van der Waals surface area contributed by atoms with Crippen molar-refractivity contribution in [1.29, 1.82) is 0 Å². The number of aromatic nitrogens is 2. The van der Waals surface area contributed by atoms with E-state index < -0.39 is 0 Å². The summed E-state index contributed by atoms with van der Waals surface area (Å²) in [7, 11) is 3.67. The molecule has 0 aromatic carbocycles. The number of hydrogen-bond acceptors (Lipinski definition) is 2. The summed E-state index contributed by atoms with van der Waals surface area (Å²) in [5, 5.41) is 0. The maximum atomic E-state index is 4.02. The fraction of sp³-hybridized carbons (Fsp3) is 0.500. The standard InChI is InChI=1S/C6H9N3.C2H6/c1-7-5-6-8-3-4-9(6)2;1-2/h3-5H,1-2H3;1-2H3. The van der Waals surface area contributed by atoms with E-state index in [0.717, 1.165) is 5.82 Å². The predicted molar refractivity (Wildman–Crippen MR) is 48.1 cm³/mol. The van der Waals surface area contributed by atoms with E-state index in [0.29, 0.717) is 0 Å². The molecule has 3 nitrogen and oxygen atoms in total. The summed E-state index contributed by atoms with van der Waals surface area (Å²) in [5.41, 5.74) is 0. The summed E-state index contributed by atoms with van der Waals surface area (Å²) in [5.74, 6) is 0.887. The lowest BCUT2D eigenvalue weighted by molar-refractivity contribution is 0.901. The minimum absolute atomic E-state index is 0.887. The SMILES string of the molecule is CC.CN=Cc1nccn1C. The largest absolute Gasteiger partial charge is 0.333 e. The Morgan fingerprint density at radius 3 is 2.55 bits per heavy atom. The third-order valence-electron chi connectivity index (χ3n) is 1.10. The number of hydrogen-bond donors (Lipinski definition) is 0. The Labute approximate surface area is 67.8 Å². The van der Waals surface area contributed by atoms with E-state index in [1.54, 1.807) is 19.5 Å². The fourth-order valence-electron chi connectivity index (χ4n) is 0.617. The molecule has 0 aliphatic carbocycles. The monoisotopic (exact) mass is 153 g/mol. The second kappa shape index (κ2) is 5.65. The first-order valence-electron chi connectivity index (χ1n) is 3.74. The molecule has 0 spiro atoms. The number of rotatable bonds is 1. The average Bonchev–Trinajstić information content (AvgIpc) is 2.42. The zero-order chi connectivity index (χ0) is 8.69. The second-order valence-corrected chi connectivity index (χ2v) is 1.78. The van der Waals surface area contributed by atoms with Gasteiger partial charge in [0.15, 0.2) is 0 Å². The molecule has 0 amide bonds. The highest BCUT2D eigenvalue weighted by atomic mass is 15.0. The minimum atomic E-state index is 0.887. The molecule has 0 saturated carbocycles. The van der Waals surface area contributed by atoms with Gasteiger partial charge in [-0.3, -0.25) is 4.99 Å². The van der Waals surface area contributed by atoms with Crippen LogP contribution in [0.1, 0.15) is 19.7 Å². The molecule has 0 N–H and O–H groups in total. The van der Waals surface area contributed by atoms with E-state index in [1.807, 2.05) is 31.7 Å². The van der Waals surface area contributed by atoms with Gasteiger partial charge in [0.25, 0.3) is 0 Å². The number of aliphatic imine (C=N–C) groups is 1. The van der Waals surface area contributed by atoms with E-state index in [9.17, 15) is 0 Å². The van der Waals surface area contributed by atoms with Gasteiger partial charge in [-0.25, -0.2) is 4.98 Å². The molecule has 0 saturated heterocycles. The van der Waals surface area contributed by atoms with Crippen LogP contribution in [0.25, 0.3) is 0 Å². The van der Waals surface area contributed by atoms with Crippen LogP contribution in [-0.4, -0.2) is 22.8 Å². The third kappa shape index (κ3) is 2.98. The van der Waals surface area contributed by atoms with E-state index in [2.05, 4.69) is 9.98 Å². The van der Waals surface area contributed by atoms with Crippen molar-refractivity contribution in [2.45, 2.75) is 13.8 Å². The Morgan fingerprint density at radius 2 is 2.18 bits per heavy atom. The van der Waals surface area contributed by atoms with E-state index >= 15 is 0 Å². The van der Waals surface area contributed by atoms with Crippen molar-refractivity contribution in [2.75, 3.05) is 7.05 Å². The molecule has 3 heteroatoms. The Balaban J connectivity index is 0.000000461. The number of imidazole rings is 1. The zero-order valence-electron chi connectivity index (χ0n) is 7.57. The summed E-state index contributed by atoms with van der Waals surface area (Å²) in [4.78, 5) is 7.85. The van der Waals surface area contributed by atoms with Crippen LogP contribution in [-0.2, 0) is 7.05 Å². The number of nitrogens with zero attached hydrogens (tertiary/aromatic N) is 3. The molecule has 0 radical (unpaired) electrons. The van der Waals surface area contributed by atoms with Gasteiger partial charge in [0.2, 0.25) is 0 Å². The summed E-state index contributed by atoms with van der Waals surface area (Å²) in [6.45, 7) is 4.00. The molecule has 62 valence electrons. The van der Waals surface area contributed by atoms with Crippen molar-refractivity contribution in [2.24, 2.45) is 12.0 Å². The first kappa shape index (κ1) is 9.88. The molecule has 1 heterocycles. The Bertz CT molecular complexity index is 213. The van der Waals surface area contributed by atoms with Crippen LogP contribution >= 0.6 is 0 Å². The zero-order valence-corrected chi connectivity index (χ0v) is 7.57. The van der Waals surface area contributed by atoms with E-state index in [1.165, 1.54) is 0 Å². The Morgan fingerprint density at radius 1 is 1.55 bits per heavy atom. The van der Waals surface area contributed by atoms with Crippen LogP contribution in [0.3, 0.4) is 0 Å². The fourth-order valence-corrected chi connectivity index (χ4v) is 0.617. The molecule has 1 aromatic heterocycles. The van der Waals surface area contributed by atoms with Crippen molar-refractivity contribution in [1.82, 2.24) is 9.55 Å². The van der Waals surface area contributed by atoms with Crippen LogP contribution < -0.4 is 0 Å². The molecule has 0 unspecified atom stereocenters. The van der Waals surface area contributed by atoms with Gasteiger partial charge in [-0.1, -0.05) is 13.8 Å². The molecule has 0 aliphatic rings. The van der Waals surface area contributed by atoms with Crippen LogP contribution in [0.15, 0.2) is 17.4 Å². The molecule has 0 bridgehead atoms. The molecule has 0 aliphatic heterocycles. The van der Waals surface area contributed by atoms with Crippen LogP contribution in [0.5, 0.6) is 0 Å². The first-order valence-corrected chi connectivity index (χ1v) is 3.74. The highest BCUT2D eigenvalue weighted by Gasteiger charge is 1.89. The van der Waals surface area contributed by atoms with Gasteiger partial charge in [-0.2, -0.15) is 0 Å². The van der Waals surface area contributed by atoms with Gasteiger partial charge < -0.3 is 4.57 Å². The summed E-state index contributed by atoms with van der Waals surface area (Å²) in [6.07, 6.45) is 5.36. The van der Waals surface area contributed by atoms with Crippen LogP contribution in [0.2, 0.25) is 0 Å². The molecule has 0 fully saturated rings. The first-order chi connectivity index (χ1) is 5.34. The summed E-state index contributed by atoms with van der Waals surface area (Å²) in [6, 6.07) is 0. The predicted octanol–water partition coefficient (Wildman–Crippen LogP) is 1.50. The lowest BCUT2D eigenvalue weighted by Crippen LogP contribution is -1.94. The third-order valence-corrected chi connectivity index (χ3v) is 1.10. The minimum Gasteiger partial charge on any atom is -0.333 e. The van der Waals surface area contributed by atoms with Crippen molar-refractivity contribution >= 4 is 6.21 Å². The summed E-state index contributed by atoms with van der Waals surface area (Å²) < 4.78 is 1.91. The highest BCUT2D eigenvalue weighted by molar-refractivity contribution is 5.74. The number of aryl methyl sites for hydroxylation is 1. The van der Waals surface area contributed by atoms with Crippen molar-refractivity contribution in [3.63, 3.8) is 0 Å². The quantitative estimate of drug-likeness (QED) is 0.562. The van der Waals surface area contributed by atoms with Crippen molar-refractivity contribution < 1.29 is 0 Å². The maximum absolute atomic E-state index is 4.02. The van der Waals surface area contributed by atoms with E-state index in [-0.39, 0.29) is 0 Å². The molecule has 11 heavy (non-hydrogen) atoms. The van der Waals surface area contributed by atoms with Gasteiger partial charge in [0, 0.05) is 26.5 Å². The molecular weight excluding hydrogens is 138 g/mol. The average molecular weight is 153 g/mol. The Kier molecular flexibility index (Phi) is 5.07. The van der Waals surface area contributed by atoms with Crippen LogP contribution in [0.4, 0.5) is 0 Å². The van der Waals surface area contributed by atoms with Crippen LogP contribution in [0, 0.1) is 0 Å². The smallest absolute Gasteiger partial charge is 0.150 e. The summed E-state index contributed by atoms with van der Waals surface area (Å²) >= 11 is 0. The lowest BCUT2D eigenvalue weighted by atomic mass is 10.6. The van der Waals surface area contributed by atoms with Gasteiger partial charge in [0.05, 0.1) is 6.21 Å². The molecule has 0 atom stereocenters. The Hall–Kier alpha value is -1.12. The second-order valence-electron chi connectivity index (χ2n) is 1.78.